The first kappa shape index (κ1) is 12.1. The van der Waals surface area contributed by atoms with Crippen molar-refractivity contribution in [2.24, 2.45) is 5.92 Å². The van der Waals surface area contributed by atoms with Gasteiger partial charge in [-0.3, -0.25) is 4.79 Å². The second-order valence-corrected chi connectivity index (χ2v) is 3.60. The standard InChI is InChI=1S/C12H14N2O2/c1-10(8-13)9-14(2)12(15)6-5-11-4-3-7-16-11/h3-7,10H,9H2,1-2H3. The van der Waals surface area contributed by atoms with Crippen molar-refractivity contribution in [1.82, 2.24) is 4.90 Å². The highest BCUT2D eigenvalue weighted by molar-refractivity contribution is 5.91. The van der Waals surface area contributed by atoms with Gasteiger partial charge in [0.2, 0.25) is 5.91 Å². The van der Waals surface area contributed by atoms with Gasteiger partial charge in [0.25, 0.3) is 0 Å². The number of carbonyl (C=O) groups is 1. The molecule has 1 atom stereocenters. The third-order valence-corrected chi connectivity index (χ3v) is 2.08. The SMILES string of the molecule is CC(C#N)CN(C)C(=O)C=Cc1ccco1. The Morgan fingerprint density at radius 3 is 3.06 bits per heavy atom. The molecule has 0 fully saturated rings. The van der Waals surface area contributed by atoms with Gasteiger partial charge in [-0.05, 0) is 25.1 Å². The number of nitriles is 1. The molecule has 0 aromatic carbocycles. The number of carbonyl (C=O) groups excluding carboxylic acids is 1. The van der Waals surface area contributed by atoms with Crippen LogP contribution in [0.4, 0.5) is 0 Å². The lowest BCUT2D eigenvalue weighted by Gasteiger charge is -2.15. The van der Waals surface area contributed by atoms with Crippen molar-refractivity contribution in [3.63, 3.8) is 0 Å². The van der Waals surface area contributed by atoms with Gasteiger partial charge in [-0.2, -0.15) is 5.26 Å². The second kappa shape index (κ2) is 5.76. The number of amides is 1. The third-order valence-electron chi connectivity index (χ3n) is 2.08. The highest BCUT2D eigenvalue weighted by Crippen LogP contribution is 2.03. The zero-order chi connectivity index (χ0) is 12.0. The molecular weight excluding hydrogens is 204 g/mol. The van der Waals surface area contributed by atoms with Gasteiger partial charge >= 0.3 is 0 Å². The van der Waals surface area contributed by atoms with Crippen molar-refractivity contribution >= 4 is 12.0 Å². The molecule has 0 N–H and O–H groups in total. The topological polar surface area (TPSA) is 57.2 Å². The first-order valence-electron chi connectivity index (χ1n) is 4.99. The van der Waals surface area contributed by atoms with Crippen molar-refractivity contribution in [2.45, 2.75) is 6.92 Å². The number of furan rings is 1. The normalized spacial score (nSPS) is 12.3. The lowest BCUT2D eigenvalue weighted by molar-refractivity contribution is -0.125. The van der Waals surface area contributed by atoms with E-state index < -0.39 is 0 Å². The van der Waals surface area contributed by atoms with Gasteiger partial charge in [0, 0.05) is 19.7 Å². The van der Waals surface area contributed by atoms with E-state index >= 15 is 0 Å². The second-order valence-electron chi connectivity index (χ2n) is 3.60. The minimum atomic E-state index is -0.161. The number of likely N-dealkylation sites (N-methyl/N-ethyl adjacent to an activating group) is 1. The van der Waals surface area contributed by atoms with E-state index in [1.807, 2.05) is 0 Å². The first-order valence-corrected chi connectivity index (χ1v) is 4.99. The van der Waals surface area contributed by atoms with Crippen LogP contribution in [0.25, 0.3) is 6.08 Å². The Kier molecular flexibility index (Phi) is 4.34. The van der Waals surface area contributed by atoms with Crippen molar-refractivity contribution in [1.29, 1.82) is 5.26 Å². The van der Waals surface area contributed by atoms with Gasteiger partial charge < -0.3 is 9.32 Å². The maximum absolute atomic E-state index is 11.6. The monoisotopic (exact) mass is 218 g/mol. The lowest BCUT2D eigenvalue weighted by Crippen LogP contribution is -2.29. The summed E-state index contributed by atoms with van der Waals surface area (Å²) in [5.74, 6) is 0.333. The molecule has 0 aliphatic heterocycles. The zero-order valence-corrected chi connectivity index (χ0v) is 9.38. The Hall–Kier alpha value is -2.02. The van der Waals surface area contributed by atoms with Crippen molar-refractivity contribution in [2.75, 3.05) is 13.6 Å². The van der Waals surface area contributed by atoms with Crippen LogP contribution < -0.4 is 0 Å². The Morgan fingerprint density at radius 2 is 2.50 bits per heavy atom. The fourth-order valence-electron chi connectivity index (χ4n) is 1.21. The van der Waals surface area contributed by atoms with E-state index in [1.165, 1.54) is 11.0 Å². The molecule has 0 saturated heterocycles. The van der Waals surface area contributed by atoms with Gasteiger partial charge in [-0.1, -0.05) is 0 Å². The Bertz CT molecular complexity index is 401. The maximum atomic E-state index is 11.6. The van der Waals surface area contributed by atoms with Crippen LogP contribution in [0.1, 0.15) is 12.7 Å². The van der Waals surface area contributed by atoms with Crippen molar-refractivity contribution in [3.05, 3.63) is 30.2 Å². The maximum Gasteiger partial charge on any atom is 0.246 e. The van der Waals surface area contributed by atoms with Crippen LogP contribution in [-0.2, 0) is 4.79 Å². The molecule has 4 heteroatoms. The molecule has 1 rings (SSSR count). The molecule has 0 saturated carbocycles. The minimum absolute atomic E-state index is 0.140. The van der Waals surface area contributed by atoms with Crippen LogP contribution >= 0.6 is 0 Å². The molecule has 0 aliphatic carbocycles. The molecule has 1 unspecified atom stereocenters. The Morgan fingerprint density at radius 1 is 1.75 bits per heavy atom. The number of hydrogen-bond donors (Lipinski definition) is 0. The largest absolute Gasteiger partial charge is 0.465 e. The quantitative estimate of drug-likeness (QED) is 0.725. The summed E-state index contributed by atoms with van der Waals surface area (Å²) in [6.45, 7) is 2.21. The predicted molar refractivity (Wildman–Crippen MR) is 60.2 cm³/mol. The summed E-state index contributed by atoms with van der Waals surface area (Å²) in [6.07, 6.45) is 4.59. The van der Waals surface area contributed by atoms with Gasteiger partial charge in [0.15, 0.2) is 0 Å². The van der Waals surface area contributed by atoms with E-state index in [1.54, 1.807) is 38.4 Å². The molecule has 1 heterocycles. The molecule has 1 aromatic rings. The summed E-state index contributed by atoms with van der Waals surface area (Å²) in [6, 6.07) is 5.60. The summed E-state index contributed by atoms with van der Waals surface area (Å²) >= 11 is 0. The number of nitrogens with zero attached hydrogens (tertiary/aromatic N) is 2. The van der Waals surface area contributed by atoms with Crippen molar-refractivity contribution in [3.8, 4) is 6.07 Å². The van der Waals surface area contributed by atoms with Gasteiger partial charge in [-0.15, -0.1) is 0 Å². The molecule has 0 radical (unpaired) electrons. The molecule has 4 nitrogen and oxygen atoms in total. The van der Waals surface area contributed by atoms with Gasteiger partial charge in [-0.25, -0.2) is 0 Å². The molecule has 0 aliphatic rings. The first-order chi connectivity index (χ1) is 7.63. The average Bonchev–Trinajstić information content (AvgIpc) is 2.78. The van der Waals surface area contributed by atoms with E-state index in [0.717, 1.165) is 0 Å². The average molecular weight is 218 g/mol. The molecular formula is C12H14N2O2. The molecule has 1 aromatic heterocycles. The molecule has 0 spiro atoms. The van der Waals surface area contributed by atoms with Gasteiger partial charge in [0.05, 0.1) is 18.3 Å². The van der Waals surface area contributed by atoms with E-state index in [9.17, 15) is 4.79 Å². The third kappa shape index (κ3) is 3.62. The van der Waals surface area contributed by atoms with E-state index in [0.29, 0.717) is 12.3 Å². The highest BCUT2D eigenvalue weighted by Gasteiger charge is 2.08. The molecule has 16 heavy (non-hydrogen) atoms. The van der Waals surface area contributed by atoms with E-state index in [4.69, 9.17) is 9.68 Å². The fraction of sp³-hybridized carbons (Fsp3) is 0.333. The molecule has 0 bridgehead atoms. The summed E-state index contributed by atoms with van der Waals surface area (Å²) in [7, 11) is 1.67. The molecule has 1 amide bonds. The van der Waals surface area contributed by atoms with Crippen LogP contribution in [-0.4, -0.2) is 24.4 Å². The van der Waals surface area contributed by atoms with Crippen LogP contribution in [0.3, 0.4) is 0 Å². The van der Waals surface area contributed by atoms with E-state index in [2.05, 4.69) is 6.07 Å². The van der Waals surface area contributed by atoms with Crippen LogP contribution in [0.2, 0.25) is 0 Å². The van der Waals surface area contributed by atoms with Crippen molar-refractivity contribution < 1.29 is 9.21 Å². The molecule has 84 valence electrons. The summed E-state index contributed by atoms with van der Waals surface area (Å²) in [5.41, 5.74) is 0. The highest BCUT2D eigenvalue weighted by atomic mass is 16.3. The number of hydrogen-bond acceptors (Lipinski definition) is 3. The van der Waals surface area contributed by atoms with E-state index in [-0.39, 0.29) is 11.8 Å². The predicted octanol–water partition coefficient (Wildman–Crippen LogP) is 1.91. The summed E-state index contributed by atoms with van der Waals surface area (Å²) < 4.78 is 5.06. The Balaban J connectivity index is 2.49. The lowest BCUT2D eigenvalue weighted by atomic mass is 10.2. The summed E-state index contributed by atoms with van der Waals surface area (Å²) in [5, 5.41) is 8.62. The van der Waals surface area contributed by atoms with Crippen LogP contribution in [0.5, 0.6) is 0 Å². The smallest absolute Gasteiger partial charge is 0.246 e. The number of rotatable bonds is 4. The minimum Gasteiger partial charge on any atom is -0.465 e. The summed E-state index contributed by atoms with van der Waals surface area (Å²) in [4.78, 5) is 13.1. The van der Waals surface area contributed by atoms with Gasteiger partial charge in [0.1, 0.15) is 5.76 Å². The fourth-order valence-corrected chi connectivity index (χ4v) is 1.21. The Labute approximate surface area is 94.8 Å². The zero-order valence-electron chi connectivity index (χ0n) is 9.38. The van der Waals surface area contributed by atoms with Crippen LogP contribution in [0.15, 0.2) is 28.9 Å². The van der Waals surface area contributed by atoms with Crippen LogP contribution in [0, 0.1) is 17.2 Å².